The van der Waals surface area contributed by atoms with Gasteiger partial charge < -0.3 is 10.2 Å². The maximum Gasteiger partial charge on any atom is 0.237 e. The number of aryl methyl sites for hydroxylation is 1. The average Bonchev–Trinajstić information content (AvgIpc) is 3.10. The Bertz CT molecular complexity index is 695. The molecule has 134 valence electrons. The quantitative estimate of drug-likeness (QED) is 0.799. The highest BCUT2D eigenvalue weighted by molar-refractivity contribution is 8.00. The van der Waals surface area contributed by atoms with Crippen LogP contribution in [0.4, 0.5) is 11.4 Å². The topological polar surface area (TPSA) is 75.9 Å². The minimum absolute atomic E-state index is 0.0543. The van der Waals surface area contributed by atoms with Gasteiger partial charge in [-0.3, -0.25) is 4.79 Å². The van der Waals surface area contributed by atoms with E-state index in [1.165, 1.54) is 36.7 Å². The van der Waals surface area contributed by atoms with Crippen LogP contribution < -0.4 is 10.2 Å². The SMILES string of the molecule is CCn1nnnc1SC(C)C(=O)Nc1ccc(N2CCCCC2)cc1. The molecule has 1 aromatic heterocycles. The molecule has 1 aliphatic heterocycles. The Morgan fingerprint density at radius 1 is 1.24 bits per heavy atom. The first kappa shape index (κ1) is 17.7. The Balaban J connectivity index is 1.56. The van der Waals surface area contributed by atoms with Crippen LogP contribution in [0.3, 0.4) is 0 Å². The Labute approximate surface area is 152 Å². The Morgan fingerprint density at radius 2 is 1.96 bits per heavy atom. The number of carbonyl (C=O) groups excluding carboxylic acids is 1. The van der Waals surface area contributed by atoms with E-state index in [1.54, 1.807) is 4.68 Å². The van der Waals surface area contributed by atoms with E-state index >= 15 is 0 Å². The summed E-state index contributed by atoms with van der Waals surface area (Å²) in [5, 5.41) is 14.8. The van der Waals surface area contributed by atoms with Crippen LogP contribution in [0.2, 0.25) is 0 Å². The lowest BCUT2D eigenvalue weighted by atomic mass is 10.1. The Kier molecular flexibility index (Phi) is 5.91. The molecule has 1 amide bonds. The lowest BCUT2D eigenvalue weighted by Gasteiger charge is -2.28. The number of tetrazole rings is 1. The summed E-state index contributed by atoms with van der Waals surface area (Å²) in [7, 11) is 0. The summed E-state index contributed by atoms with van der Waals surface area (Å²) in [6, 6.07) is 8.09. The minimum Gasteiger partial charge on any atom is -0.372 e. The third kappa shape index (κ3) is 4.50. The lowest BCUT2D eigenvalue weighted by molar-refractivity contribution is -0.115. The van der Waals surface area contributed by atoms with Gasteiger partial charge in [-0.2, -0.15) is 0 Å². The standard InChI is InChI=1S/C17H24N6OS/c1-3-23-17(19-20-21-23)25-13(2)16(24)18-14-7-9-15(10-8-14)22-11-5-4-6-12-22/h7-10,13H,3-6,11-12H2,1-2H3,(H,18,24). The maximum absolute atomic E-state index is 12.4. The molecule has 1 saturated heterocycles. The van der Waals surface area contributed by atoms with Crippen LogP contribution in [0, 0.1) is 0 Å². The van der Waals surface area contributed by atoms with Gasteiger partial charge in [-0.15, -0.1) is 5.10 Å². The van der Waals surface area contributed by atoms with Crippen LogP contribution in [0.5, 0.6) is 0 Å². The fraction of sp³-hybridized carbons (Fsp3) is 0.529. The van der Waals surface area contributed by atoms with Crippen molar-refractivity contribution in [1.82, 2.24) is 20.2 Å². The molecule has 8 heteroatoms. The van der Waals surface area contributed by atoms with E-state index in [4.69, 9.17) is 0 Å². The van der Waals surface area contributed by atoms with Gasteiger partial charge in [0, 0.05) is 31.0 Å². The molecule has 1 aromatic carbocycles. The molecule has 0 saturated carbocycles. The highest BCUT2D eigenvalue weighted by Crippen LogP contribution is 2.24. The second kappa shape index (κ2) is 8.33. The third-order valence-corrected chi connectivity index (χ3v) is 5.38. The van der Waals surface area contributed by atoms with Crippen molar-refractivity contribution in [3.05, 3.63) is 24.3 Å². The summed E-state index contributed by atoms with van der Waals surface area (Å²) >= 11 is 1.36. The van der Waals surface area contributed by atoms with E-state index in [1.807, 2.05) is 26.0 Å². The molecule has 0 radical (unpaired) electrons. The zero-order valence-electron chi connectivity index (χ0n) is 14.7. The number of benzene rings is 1. The number of carbonyl (C=O) groups is 1. The number of piperidine rings is 1. The normalized spacial score (nSPS) is 15.8. The number of hydrogen-bond donors (Lipinski definition) is 1. The molecule has 25 heavy (non-hydrogen) atoms. The van der Waals surface area contributed by atoms with Crippen molar-refractivity contribution in [3.63, 3.8) is 0 Å². The molecule has 1 aliphatic rings. The summed E-state index contributed by atoms with van der Waals surface area (Å²) in [6.45, 7) is 6.74. The van der Waals surface area contributed by atoms with Crippen molar-refractivity contribution in [2.75, 3.05) is 23.3 Å². The third-order valence-electron chi connectivity index (χ3n) is 4.31. The van der Waals surface area contributed by atoms with Crippen molar-refractivity contribution in [2.45, 2.75) is 50.1 Å². The fourth-order valence-corrected chi connectivity index (χ4v) is 3.70. The van der Waals surface area contributed by atoms with Gasteiger partial charge in [0.1, 0.15) is 0 Å². The number of hydrogen-bond acceptors (Lipinski definition) is 6. The number of nitrogens with zero attached hydrogens (tertiary/aromatic N) is 5. The summed E-state index contributed by atoms with van der Waals surface area (Å²) in [6.07, 6.45) is 3.83. The first-order valence-corrected chi connectivity index (χ1v) is 9.64. The number of nitrogens with one attached hydrogen (secondary N) is 1. The van der Waals surface area contributed by atoms with Crippen LogP contribution in [-0.2, 0) is 11.3 Å². The first-order valence-electron chi connectivity index (χ1n) is 8.76. The summed E-state index contributed by atoms with van der Waals surface area (Å²) in [4.78, 5) is 14.8. The first-order chi connectivity index (χ1) is 12.2. The van der Waals surface area contributed by atoms with Crippen LogP contribution in [-0.4, -0.2) is 44.5 Å². The number of amides is 1. The van der Waals surface area contributed by atoms with Crippen LogP contribution in [0.25, 0.3) is 0 Å². The zero-order valence-corrected chi connectivity index (χ0v) is 15.5. The van der Waals surface area contributed by atoms with Gasteiger partial charge in [0.2, 0.25) is 11.1 Å². The van der Waals surface area contributed by atoms with Gasteiger partial charge in [-0.25, -0.2) is 4.68 Å². The molecule has 2 heterocycles. The van der Waals surface area contributed by atoms with Crippen LogP contribution >= 0.6 is 11.8 Å². The molecule has 1 atom stereocenters. The molecule has 0 bridgehead atoms. The molecule has 0 aliphatic carbocycles. The van der Waals surface area contributed by atoms with Gasteiger partial charge in [-0.1, -0.05) is 11.8 Å². The molecule has 3 rings (SSSR count). The predicted octanol–water partition coefficient (Wildman–Crippen LogP) is 2.80. The van der Waals surface area contributed by atoms with E-state index < -0.39 is 0 Å². The molecule has 1 fully saturated rings. The highest BCUT2D eigenvalue weighted by atomic mass is 32.2. The summed E-state index contributed by atoms with van der Waals surface area (Å²) in [5.74, 6) is -0.0543. The number of rotatable bonds is 6. The van der Waals surface area contributed by atoms with Gasteiger partial charge in [0.05, 0.1) is 5.25 Å². The number of aromatic nitrogens is 4. The molecule has 1 unspecified atom stereocenters. The molecule has 7 nitrogen and oxygen atoms in total. The van der Waals surface area contributed by atoms with Crippen molar-refractivity contribution in [1.29, 1.82) is 0 Å². The number of thioether (sulfide) groups is 1. The van der Waals surface area contributed by atoms with Gasteiger partial charge in [-0.05, 0) is 67.8 Å². The van der Waals surface area contributed by atoms with E-state index in [-0.39, 0.29) is 11.2 Å². The Morgan fingerprint density at radius 3 is 2.64 bits per heavy atom. The monoisotopic (exact) mass is 360 g/mol. The molecule has 1 N–H and O–H groups in total. The van der Waals surface area contributed by atoms with Crippen molar-refractivity contribution in [2.24, 2.45) is 0 Å². The van der Waals surface area contributed by atoms with Crippen LogP contribution in [0.15, 0.2) is 29.4 Å². The van der Waals surface area contributed by atoms with Gasteiger partial charge >= 0.3 is 0 Å². The summed E-state index contributed by atoms with van der Waals surface area (Å²) in [5.41, 5.74) is 2.04. The molecular weight excluding hydrogens is 336 g/mol. The van der Waals surface area contributed by atoms with E-state index in [2.05, 4.69) is 37.9 Å². The van der Waals surface area contributed by atoms with Crippen molar-refractivity contribution >= 4 is 29.0 Å². The summed E-state index contributed by atoms with van der Waals surface area (Å²) < 4.78 is 1.68. The highest BCUT2D eigenvalue weighted by Gasteiger charge is 2.18. The van der Waals surface area contributed by atoms with Gasteiger partial charge in [0.25, 0.3) is 0 Å². The Hall–Kier alpha value is -2.09. The van der Waals surface area contributed by atoms with Crippen LogP contribution in [0.1, 0.15) is 33.1 Å². The van der Waals surface area contributed by atoms with Crippen molar-refractivity contribution < 1.29 is 4.79 Å². The zero-order chi connectivity index (χ0) is 17.6. The number of anilines is 2. The second-order valence-electron chi connectivity index (χ2n) is 6.12. The van der Waals surface area contributed by atoms with E-state index in [0.29, 0.717) is 11.7 Å². The average molecular weight is 360 g/mol. The molecular formula is C17H24N6OS. The van der Waals surface area contributed by atoms with E-state index in [0.717, 1.165) is 18.8 Å². The fourth-order valence-electron chi connectivity index (χ4n) is 2.84. The van der Waals surface area contributed by atoms with E-state index in [9.17, 15) is 4.79 Å². The van der Waals surface area contributed by atoms with Crippen molar-refractivity contribution in [3.8, 4) is 0 Å². The predicted molar refractivity (Wildman–Crippen MR) is 99.9 cm³/mol. The largest absolute Gasteiger partial charge is 0.372 e. The van der Waals surface area contributed by atoms with Gasteiger partial charge in [0.15, 0.2) is 0 Å². The maximum atomic E-state index is 12.4. The molecule has 2 aromatic rings. The smallest absolute Gasteiger partial charge is 0.237 e. The second-order valence-corrected chi connectivity index (χ2v) is 7.43. The molecule has 0 spiro atoms. The lowest BCUT2D eigenvalue weighted by Crippen LogP contribution is -2.29. The minimum atomic E-state index is -0.280.